The van der Waals surface area contributed by atoms with Gasteiger partial charge in [-0.3, -0.25) is 0 Å². The van der Waals surface area contributed by atoms with E-state index in [0.29, 0.717) is 4.46 Å². The number of rotatable bonds is 6. The molecule has 0 aliphatic heterocycles. The van der Waals surface area contributed by atoms with Crippen molar-refractivity contribution < 1.29 is 31.8 Å². The second-order valence-electron chi connectivity index (χ2n) is 7.93. The molecule has 28 heavy (non-hydrogen) atoms. The summed E-state index contributed by atoms with van der Waals surface area (Å²) in [6.45, 7) is 6.59. The maximum absolute atomic E-state index is 12.8. The molecule has 0 aliphatic rings. The van der Waals surface area contributed by atoms with Crippen LogP contribution >= 0.6 is 0 Å². The molecule has 1 aromatic rings. The number of nitrogens with one attached hydrogen (secondary N) is 1. The first-order chi connectivity index (χ1) is 14.0. The first-order valence-corrected chi connectivity index (χ1v) is 10.2. The summed E-state index contributed by atoms with van der Waals surface area (Å²) in [5.41, 5.74) is -1.89. The van der Waals surface area contributed by atoms with Crippen LogP contribution in [0.1, 0.15) is 52.5 Å². The van der Waals surface area contributed by atoms with Crippen LogP contribution in [-0.2, 0) is 22.9 Å². The third-order valence-corrected chi connectivity index (χ3v) is 4.38. The molecule has 0 heterocycles. The van der Waals surface area contributed by atoms with Gasteiger partial charge in [-0.1, -0.05) is 0 Å². The van der Waals surface area contributed by atoms with Crippen LogP contribution in [0.3, 0.4) is 0 Å². The van der Waals surface area contributed by atoms with E-state index < -0.39 is 63.3 Å². The van der Waals surface area contributed by atoms with Crippen LogP contribution in [0.25, 0.3) is 0 Å². The Morgan fingerprint density at radius 3 is 2.04 bits per heavy atom. The summed E-state index contributed by atoms with van der Waals surface area (Å²) in [5, 5.41) is 2.19. The standard InChI is InChI=1S/C20H29NO6Se/c1-13(16(22)27-28-14-11-9-8-10-12-14)15(17(23)25-19(2,3)4)21-18(24)26-20(5,6)7/h8-13,15H,1-7H3,(H,21,24)/t13-,15+/m1/s1/i1D3. The summed E-state index contributed by atoms with van der Waals surface area (Å²) < 4.78 is 39.8. The van der Waals surface area contributed by atoms with Gasteiger partial charge < -0.3 is 0 Å². The number of benzene rings is 1. The number of carbonyl (C=O) groups is 3. The van der Waals surface area contributed by atoms with E-state index in [4.69, 9.17) is 17.4 Å². The number of esters is 1. The Morgan fingerprint density at radius 1 is 0.964 bits per heavy atom. The zero-order valence-corrected chi connectivity index (χ0v) is 18.6. The van der Waals surface area contributed by atoms with Crippen molar-refractivity contribution in [3.05, 3.63) is 30.3 Å². The van der Waals surface area contributed by atoms with Gasteiger partial charge in [-0.2, -0.15) is 0 Å². The fourth-order valence-corrected chi connectivity index (χ4v) is 2.99. The monoisotopic (exact) mass is 462 g/mol. The summed E-state index contributed by atoms with van der Waals surface area (Å²) >= 11 is -0.827. The number of carbonyl (C=O) groups excluding carboxylic acids is 3. The molecule has 1 aromatic carbocycles. The van der Waals surface area contributed by atoms with Crippen molar-refractivity contribution in [3.63, 3.8) is 0 Å². The number of alkyl carbamates (subject to hydrolysis) is 1. The predicted molar refractivity (Wildman–Crippen MR) is 106 cm³/mol. The van der Waals surface area contributed by atoms with Crippen molar-refractivity contribution in [2.45, 2.75) is 65.6 Å². The second kappa shape index (κ2) is 9.94. The van der Waals surface area contributed by atoms with Crippen LogP contribution in [0.5, 0.6) is 0 Å². The SMILES string of the molecule is [2H]C([2H])([2H])[C@@H](C(=O)O[Se]c1ccccc1)[C@H](NC(=O)OC(C)(C)C)C(=O)OC(C)(C)C. The van der Waals surface area contributed by atoms with Crippen molar-refractivity contribution in [3.8, 4) is 0 Å². The van der Waals surface area contributed by atoms with Gasteiger partial charge >= 0.3 is 177 Å². The van der Waals surface area contributed by atoms with Crippen molar-refractivity contribution in [1.82, 2.24) is 5.32 Å². The van der Waals surface area contributed by atoms with Gasteiger partial charge in [0.2, 0.25) is 0 Å². The van der Waals surface area contributed by atoms with Gasteiger partial charge in [0.25, 0.3) is 0 Å². The van der Waals surface area contributed by atoms with E-state index in [1.54, 1.807) is 71.9 Å². The molecule has 0 fully saturated rings. The molecular weight excluding hydrogens is 429 g/mol. The summed E-state index contributed by atoms with van der Waals surface area (Å²) in [6, 6.07) is 6.90. The quantitative estimate of drug-likeness (QED) is 0.517. The Hall–Kier alpha value is -2.05. The molecule has 1 N–H and O–H groups in total. The Bertz CT molecular complexity index is 772. The third kappa shape index (κ3) is 9.24. The molecule has 1 rings (SSSR count). The normalized spacial score (nSPS) is 15.9. The molecule has 156 valence electrons. The summed E-state index contributed by atoms with van der Waals surface area (Å²) in [4.78, 5) is 37.9. The van der Waals surface area contributed by atoms with Gasteiger partial charge in [0, 0.05) is 0 Å². The first-order valence-electron chi connectivity index (χ1n) is 10.2. The Balaban J connectivity index is 3.19. The van der Waals surface area contributed by atoms with Crippen molar-refractivity contribution in [1.29, 1.82) is 0 Å². The van der Waals surface area contributed by atoms with Gasteiger partial charge in [0.15, 0.2) is 0 Å². The van der Waals surface area contributed by atoms with Crippen LogP contribution in [0.4, 0.5) is 4.79 Å². The van der Waals surface area contributed by atoms with E-state index in [2.05, 4.69) is 5.32 Å². The first kappa shape index (κ1) is 19.3. The fraction of sp³-hybridized carbons (Fsp3) is 0.550. The number of hydrogen-bond acceptors (Lipinski definition) is 6. The molecule has 2 atom stereocenters. The minimum atomic E-state index is -2.96. The van der Waals surface area contributed by atoms with E-state index in [-0.39, 0.29) is 0 Å². The Kier molecular flexibility index (Phi) is 6.84. The molecule has 0 saturated heterocycles. The molecule has 0 radical (unpaired) electrons. The summed E-state index contributed by atoms with van der Waals surface area (Å²) in [6.07, 6.45) is -1.06. The average molecular weight is 461 g/mol. The molecule has 0 unspecified atom stereocenters. The summed E-state index contributed by atoms with van der Waals surface area (Å²) in [7, 11) is 0. The van der Waals surface area contributed by atoms with Gasteiger partial charge in [0.1, 0.15) is 0 Å². The number of hydrogen-bond donors (Lipinski definition) is 1. The maximum atomic E-state index is 12.8. The molecule has 0 bridgehead atoms. The molecule has 0 aliphatic carbocycles. The van der Waals surface area contributed by atoms with E-state index in [0.717, 1.165) is 0 Å². The van der Waals surface area contributed by atoms with E-state index in [9.17, 15) is 14.4 Å². The zero-order chi connectivity index (χ0) is 24.0. The zero-order valence-electron chi connectivity index (χ0n) is 19.9. The Labute approximate surface area is 177 Å². The molecular formula is C20H29NO6Se. The van der Waals surface area contributed by atoms with Crippen molar-refractivity contribution >= 4 is 37.8 Å². The van der Waals surface area contributed by atoms with Gasteiger partial charge in [0.05, 0.1) is 0 Å². The van der Waals surface area contributed by atoms with E-state index >= 15 is 0 Å². The topological polar surface area (TPSA) is 90.9 Å². The van der Waals surface area contributed by atoms with E-state index in [1.165, 1.54) is 0 Å². The van der Waals surface area contributed by atoms with Crippen LogP contribution in [-0.4, -0.2) is 50.6 Å². The molecule has 0 aromatic heterocycles. The molecule has 1 amide bonds. The predicted octanol–water partition coefficient (Wildman–Crippen LogP) is 2.35. The van der Waals surface area contributed by atoms with Crippen LogP contribution in [0.15, 0.2) is 30.3 Å². The fourth-order valence-electron chi connectivity index (χ4n) is 1.83. The van der Waals surface area contributed by atoms with Crippen LogP contribution < -0.4 is 9.78 Å². The van der Waals surface area contributed by atoms with Crippen molar-refractivity contribution in [2.24, 2.45) is 5.92 Å². The summed E-state index contributed by atoms with van der Waals surface area (Å²) in [5.74, 6) is -4.21. The van der Waals surface area contributed by atoms with Crippen LogP contribution in [0.2, 0.25) is 0 Å². The average Bonchev–Trinajstić information content (AvgIpc) is 2.56. The second-order valence-corrected chi connectivity index (χ2v) is 9.62. The molecule has 7 nitrogen and oxygen atoms in total. The van der Waals surface area contributed by atoms with Gasteiger partial charge in [-0.25, -0.2) is 0 Å². The Morgan fingerprint density at radius 2 is 1.54 bits per heavy atom. The molecule has 0 saturated carbocycles. The third-order valence-electron chi connectivity index (χ3n) is 2.88. The van der Waals surface area contributed by atoms with Crippen LogP contribution in [0, 0.1) is 5.92 Å². The van der Waals surface area contributed by atoms with Crippen molar-refractivity contribution in [2.75, 3.05) is 0 Å². The minimum absolute atomic E-state index is 0.696. The molecule has 8 heteroatoms. The number of ether oxygens (including phenoxy) is 2. The number of amides is 1. The van der Waals surface area contributed by atoms with Gasteiger partial charge in [-0.05, 0) is 0 Å². The van der Waals surface area contributed by atoms with E-state index in [1.807, 2.05) is 0 Å². The van der Waals surface area contributed by atoms with Gasteiger partial charge in [-0.15, -0.1) is 0 Å². The molecule has 0 spiro atoms.